The van der Waals surface area contributed by atoms with E-state index in [0.29, 0.717) is 4.90 Å². The summed E-state index contributed by atoms with van der Waals surface area (Å²) in [6.07, 6.45) is 3.62. The molecule has 0 amide bonds. The Balaban J connectivity index is 2.00. The zero-order chi connectivity index (χ0) is 13.9. The molecule has 0 atom stereocenters. The third-order valence-electron chi connectivity index (χ3n) is 3.74. The Hall–Kier alpha value is -1.07. The fourth-order valence-electron chi connectivity index (χ4n) is 2.59. The summed E-state index contributed by atoms with van der Waals surface area (Å²) in [6.45, 7) is 3.18. The molecule has 1 saturated heterocycles. The number of nitrogens with zero attached hydrogens (tertiary/aromatic N) is 1. The summed E-state index contributed by atoms with van der Waals surface area (Å²) in [5.41, 5.74) is 1.12. The van der Waals surface area contributed by atoms with E-state index < -0.39 is 9.84 Å². The topological polar surface area (TPSA) is 49.4 Å². The molecule has 0 spiro atoms. The normalized spacial score (nSPS) is 17.7. The highest BCUT2D eigenvalue weighted by atomic mass is 32.2. The highest BCUT2D eigenvalue weighted by Crippen LogP contribution is 2.24. The van der Waals surface area contributed by atoms with Gasteiger partial charge in [-0.15, -0.1) is 0 Å². The molecule has 19 heavy (non-hydrogen) atoms. The van der Waals surface area contributed by atoms with Gasteiger partial charge in [0, 0.05) is 25.0 Å². The molecule has 4 nitrogen and oxygen atoms in total. The second-order valence-corrected chi connectivity index (χ2v) is 7.27. The molecule has 1 aromatic rings. The lowest BCUT2D eigenvalue weighted by molar-refractivity contribution is 0.393. The highest BCUT2D eigenvalue weighted by Gasteiger charge is 2.19. The number of anilines is 1. The van der Waals surface area contributed by atoms with Crippen LogP contribution in [0.1, 0.15) is 12.8 Å². The van der Waals surface area contributed by atoms with Crippen LogP contribution in [-0.4, -0.2) is 41.4 Å². The Morgan fingerprint density at radius 3 is 2.26 bits per heavy atom. The Bertz CT molecular complexity index is 503. The van der Waals surface area contributed by atoms with Gasteiger partial charge in [-0.25, -0.2) is 8.42 Å². The predicted molar refractivity (Wildman–Crippen MR) is 78.4 cm³/mol. The number of nitrogens with one attached hydrogen (secondary N) is 1. The van der Waals surface area contributed by atoms with Gasteiger partial charge in [-0.3, -0.25) is 0 Å². The van der Waals surface area contributed by atoms with Gasteiger partial charge in [0.2, 0.25) is 0 Å². The van der Waals surface area contributed by atoms with Crippen LogP contribution in [0, 0.1) is 5.92 Å². The fourth-order valence-corrected chi connectivity index (χ4v) is 3.22. The number of rotatable bonds is 4. The molecule has 0 radical (unpaired) electrons. The molecule has 0 aromatic heterocycles. The van der Waals surface area contributed by atoms with Gasteiger partial charge in [-0.2, -0.15) is 0 Å². The lowest BCUT2D eigenvalue weighted by atomic mass is 9.96. The van der Waals surface area contributed by atoms with Crippen LogP contribution in [0.5, 0.6) is 0 Å². The van der Waals surface area contributed by atoms with E-state index in [9.17, 15) is 8.42 Å². The molecule has 1 N–H and O–H groups in total. The van der Waals surface area contributed by atoms with Crippen LogP contribution in [0.3, 0.4) is 0 Å². The third kappa shape index (κ3) is 3.70. The average molecular weight is 282 g/mol. The van der Waals surface area contributed by atoms with Crippen molar-refractivity contribution in [1.29, 1.82) is 0 Å². The highest BCUT2D eigenvalue weighted by molar-refractivity contribution is 7.90. The molecule has 0 saturated carbocycles. The van der Waals surface area contributed by atoms with E-state index in [1.807, 2.05) is 19.2 Å². The molecule has 0 unspecified atom stereocenters. The zero-order valence-corrected chi connectivity index (χ0v) is 12.4. The minimum Gasteiger partial charge on any atom is -0.372 e. The lowest BCUT2D eigenvalue weighted by Crippen LogP contribution is -2.36. The van der Waals surface area contributed by atoms with Crippen molar-refractivity contribution in [2.24, 2.45) is 5.92 Å². The molecular formula is C14H22N2O2S. The van der Waals surface area contributed by atoms with E-state index in [-0.39, 0.29) is 0 Å². The molecule has 1 heterocycles. The molecule has 1 aromatic carbocycles. The van der Waals surface area contributed by atoms with Crippen molar-refractivity contribution < 1.29 is 8.42 Å². The molecular weight excluding hydrogens is 260 g/mol. The number of piperidine rings is 1. The number of sulfone groups is 1. The van der Waals surface area contributed by atoms with Crippen LogP contribution in [0.25, 0.3) is 0 Å². The van der Waals surface area contributed by atoms with E-state index in [4.69, 9.17) is 0 Å². The van der Waals surface area contributed by atoms with Crippen molar-refractivity contribution in [3.63, 3.8) is 0 Å². The number of benzene rings is 1. The van der Waals surface area contributed by atoms with Crippen LogP contribution in [0.2, 0.25) is 0 Å². The molecule has 0 aliphatic carbocycles. The summed E-state index contributed by atoms with van der Waals surface area (Å²) in [5.74, 6) is 0.761. The van der Waals surface area contributed by atoms with Crippen molar-refractivity contribution in [3.05, 3.63) is 24.3 Å². The minimum atomic E-state index is -3.09. The summed E-state index contributed by atoms with van der Waals surface area (Å²) >= 11 is 0. The second-order valence-electron chi connectivity index (χ2n) is 5.25. The smallest absolute Gasteiger partial charge is 0.175 e. The summed E-state index contributed by atoms with van der Waals surface area (Å²) < 4.78 is 22.8. The first kappa shape index (κ1) is 14.3. The molecule has 1 fully saturated rings. The van der Waals surface area contributed by atoms with E-state index in [0.717, 1.165) is 31.2 Å². The van der Waals surface area contributed by atoms with Crippen LogP contribution < -0.4 is 10.2 Å². The molecule has 2 rings (SSSR count). The van der Waals surface area contributed by atoms with E-state index in [2.05, 4.69) is 10.2 Å². The zero-order valence-electron chi connectivity index (χ0n) is 11.6. The van der Waals surface area contributed by atoms with Crippen molar-refractivity contribution in [1.82, 2.24) is 5.32 Å². The largest absolute Gasteiger partial charge is 0.372 e. The maximum absolute atomic E-state index is 11.4. The van der Waals surface area contributed by atoms with Crippen LogP contribution in [0.4, 0.5) is 5.69 Å². The quantitative estimate of drug-likeness (QED) is 0.910. The van der Waals surface area contributed by atoms with Gasteiger partial charge in [0.25, 0.3) is 0 Å². The van der Waals surface area contributed by atoms with Gasteiger partial charge in [0.05, 0.1) is 4.90 Å². The molecule has 1 aliphatic heterocycles. The van der Waals surface area contributed by atoms with Gasteiger partial charge < -0.3 is 10.2 Å². The number of hydrogen-bond acceptors (Lipinski definition) is 4. The standard InChI is InChI=1S/C14H22N2O2S/c1-15-11-12-7-9-16(10-8-12)13-3-5-14(6-4-13)19(2,17)18/h3-6,12,15H,7-11H2,1-2H3. The van der Waals surface area contributed by atoms with Crippen LogP contribution >= 0.6 is 0 Å². The first-order chi connectivity index (χ1) is 9.00. The SMILES string of the molecule is CNCC1CCN(c2ccc(S(C)(=O)=O)cc2)CC1. The van der Waals surface area contributed by atoms with Crippen LogP contribution in [0.15, 0.2) is 29.2 Å². The van der Waals surface area contributed by atoms with E-state index in [1.165, 1.54) is 19.1 Å². The Morgan fingerprint density at radius 2 is 1.79 bits per heavy atom. The monoisotopic (exact) mass is 282 g/mol. The Kier molecular flexibility index (Phi) is 4.47. The summed E-state index contributed by atoms with van der Waals surface area (Å²) in [5, 5.41) is 3.23. The Morgan fingerprint density at radius 1 is 1.21 bits per heavy atom. The van der Waals surface area contributed by atoms with Crippen LogP contribution in [-0.2, 0) is 9.84 Å². The number of hydrogen-bond donors (Lipinski definition) is 1. The molecule has 1 aliphatic rings. The van der Waals surface area contributed by atoms with Crippen molar-refractivity contribution in [3.8, 4) is 0 Å². The van der Waals surface area contributed by atoms with Gasteiger partial charge in [-0.05, 0) is 56.6 Å². The van der Waals surface area contributed by atoms with Gasteiger partial charge >= 0.3 is 0 Å². The minimum absolute atomic E-state index is 0.390. The van der Waals surface area contributed by atoms with Crippen molar-refractivity contribution in [2.45, 2.75) is 17.7 Å². The predicted octanol–water partition coefficient (Wildman–Crippen LogP) is 1.53. The fraction of sp³-hybridized carbons (Fsp3) is 0.571. The maximum atomic E-state index is 11.4. The van der Waals surface area contributed by atoms with Gasteiger partial charge in [0.15, 0.2) is 9.84 Å². The summed E-state index contributed by atoms with van der Waals surface area (Å²) in [7, 11) is -1.10. The van der Waals surface area contributed by atoms with Crippen molar-refractivity contribution >= 4 is 15.5 Å². The molecule has 0 bridgehead atoms. The Labute approximate surface area is 115 Å². The third-order valence-corrected chi connectivity index (χ3v) is 4.87. The second kappa shape index (κ2) is 5.92. The molecule has 106 valence electrons. The first-order valence-electron chi connectivity index (χ1n) is 6.70. The average Bonchev–Trinajstić information content (AvgIpc) is 2.39. The maximum Gasteiger partial charge on any atom is 0.175 e. The van der Waals surface area contributed by atoms with Gasteiger partial charge in [-0.1, -0.05) is 0 Å². The van der Waals surface area contributed by atoms with Crippen molar-refractivity contribution in [2.75, 3.05) is 37.8 Å². The van der Waals surface area contributed by atoms with E-state index >= 15 is 0 Å². The van der Waals surface area contributed by atoms with Gasteiger partial charge in [0.1, 0.15) is 0 Å². The first-order valence-corrected chi connectivity index (χ1v) is 8.59. The van der Waals surface area contributed by atoms with E-state index in [1.54, 1.807) is 12.1 Å². The summed E-state index contributed by atoms with van der Waals surface area (Å²) in [4.78, 5) is 2.72. The molecule has 5 heteroatoms. The summed E-state index contributed by atoms with van der Waals surface area (Å²) in [6, 6.07) is 7.22. The lowest BCUT2D eigenvalue weighted by Gasteiger charge is -2.33.